The van der Waals surface area contributed by atoms with Gasteiger partial charge in [-0.3, -0.25) is 5.43 Å². The summed E-state index contributed by atoms with van der Waals surface area (Å²) in [4.78, 5) is 2.39. The highest BCUT2D eigenvalue weighted by molar-refractivity contribution is 7.89. The molecule has 0 amide bonds. The summed E-state index contributed by atoms with van der Waals surface area (Å²) >= 11 is 5.06. The maximum Gasteiger partial charge on any atom is 0.257 e. The Morgan fingerprint density at radius 3 is 2.22 bits per heavy atom. The average molecular weight is 351 g/mol. The number of ether oxygens (including phenoxy) is 1. The summed E-state index contributed by atoms with van der Waals surface area (Å²) in [5.41, 5.74) is 4.15. The summed E-state index contributed by atoms with van der Waals surface area (Å²) in [5, 5.41) is 2.99. The highest BCUT2D eigenvalue weighted by Gasteiger charge is 2.13. The van der Waals surface area contributed by atoms with Crippen LogP contribution in [0.5, 0.6) is 5.75 Å². The van der Waals surface area contributed by atoms with Crippen LogP contribution in [-0.2, 0) is 10.0 Å². The average Bonchev–Trinajstić information content (AvgIpc) is 2.54. The molecule has 0 aliphatic rings. The molecular weight excluding hydrogens is 334 g/mol. The van der Waals surface area contributed by atoms with Crippen LogP contribution >= 0.6 is 12.2 Å². The molecule has 0 unspecified atom stereocenters. The molecule has 23 heavy (non-hydrogen) atoms. The third kappa shape index (κ3) is 4.92. The maximum absolute atomic E-state index is 12.1. The Bertz CT molecular complexity index is 773. The van der Waals surface area contributed by atoms with Gasteiger partial charge in [0.25, 0.3) is 10.0 Å². The van der Waals surface area contributed by atoms with Gasteiger partial charge in [-0.2, -0.15) is 0 Å². The van der Waals surface area contributed by atoms with Crippen LogP contribution in [0.3, 0.4) is 0 Å². The summed E-state index contributed by atoms with van der Waals surface area (Å²) in [5.74, 6) is 0.717. The minimum atomic E-state index is -3.68. The molecule has 0 radical (unpaired) electrons. The predicted octanol–water partition coefficient (Wildman–Crippen LogP) is 2.18. The van der Waals surface area contributed by atoms with Crippen LogP contribution < -0.4 is 20.3 Å². The van der Waals surface area contributed by atoms with E-state index in [2.05, 4.69) is 15.6 Å². The van der Waals surface area contributed by atoms with Gasteiger partial charge in [0.1, 0.15) is 5.75 Å². The number of hydrazine groups is 1. The zero-order valence-electron chi connectivity index (χ0n) is 12.7. The number of nitrogens with one attached hydrogen (secondary N) is 3. The van der Waals surface area contributed by atoms with Gasteiger partial charge in [-0.25, -0.2) is 8.42 Å². The Balaban J connectivity index is 1.93. The number of benzene rings is 2. The van der Waals surface area contributed by atoms with Crippen molar-refractivity contribution in [2.45, 2.75) is 11.8 Å². The number of hydrogen-bond acceptors (Lipinski definition) is 4. The molecule has 0 aromatic heterocycles. The van der Waals surface area contributed by atoms with Crippen LogP contribution in [0.2, 0.25) is 0 Å². The quantitative estimate of drug-likeness (QED) is 0.566. The fourth-order valence-electron chi connectivity index (χ4n) is 1.73. The van der Waals surface area contributed by atoms with Crippen molar-refractivity contribution in [1.82, 2.24) is 10.3 Å². The zero-order valence-corrected chi connectivity index (χ0v) is 14.3. The summed E-state index contributed by atoms with van der Waals surface area (Å²) in [6.07, 6.45) is 0. The lowest BCUT2D eigenvalue weighted by molar-refractivity contribution is 0.415. The summed E-state index contributed by atoms with van der Waals surface area (Å²) in [6, 6.07) is 13.6. The number of anilines is 1. The number of thiocarbonyl (C=S) groups is 1. The molecule has 0 atom stereocenters. The first-order valence-corrected chi connectivity index (χ1v) is 8.59. The van der Waals surface area contributed by atoms with E-state index in [0.717, 1.165) is 11.3 Å². The van der Waals surface area contributed by atoms with Crippen molar-refractivity contribution in [3.63, 3.8) is 0 Å². The third-order valence-corrected chi connectivity index (χ3v) is 4.45. The fraction of sp³-hybridized carbons (Fsp3) is 0.133. The van der Waals surface area contributed by atoms with Gasteiger partial charge in [0, 0.05) is 5.69 Å². The second kappa shape index (κ2) is 7.40. The van der Waals surface area contributed by atoms with Crippen molar-refractivity contribution in [3.8, 4) is 5.75 Å². The van der Waals surface area contributed by atoms with Gasteiger partial charge in [0.05, 0.1) is 12.0 Å². The normalized spacial score (nSPS) is 10.9. The minimum absolute atomic E-state index is 0.130. The lowest BCUT2D eigenvalue weighted by Gasteiger charge is -2.12. The van der Waals surface area contributed by atoms with Crippen LogP contribution in [0.4, 0.5) is 5.69 Å². The number of aryl methyl sites for hydroxylation is 1. The molecule has 3 N–H and O–H groups in total. The SMILES string of the molecule is COc1ccc(NC(=S)NNS(=O)(=O)c2ccc(C)cc2)cc1. The lowest BCUT2D eigenvalue weighted by Crippen LogP contribution is -2.43. The van der Waals surface area contributed by atoms with Crippen molar-refractivity contribution >= 4 is 33.0 Å². The van der Waals surface area contributed by atoms with Crippen molar-refractivity contribution in [2.24, 2.45) is 0 Å². The van der Waals surface area contributed by atoms with E-state index in [9.17, 15) is 8.42 Å². The van der Waals surface area contributed by atoms with Gasteiger partial charge in [0.15, 0.2) is 5.11 Å². The van der Waals surface area contributed by atoms with Gasteiger partial charge < -0.3 is 10.1 Å². The predicted molar refractivity (Wildman–Crippen MR) is 93.9 cm³/mol. The van der Waals surface area contributed by atoms with Crippen LogP contribution in [-0.4, -0.2) is 20.6 Å². The van der Waals surface area contributed by atoms with Gasteiger partial charge in [-0.15, -0.1) is 4.83 Å². The largest absolute Gasteiger partial charge is 0.497 e. The van der Waals surface area contributed by atoms with Crippen LogP contribution in [0.25, 0.3) is 0 Å². The first-order valence-electron chi connectivity index (χ1n) is 6.70. The molecule has 0 saturated carbocycles. The second-order valence-electron chi connectivity index (χ2n) is 4.73. The summed E-state index contributed by atoms with van der Waals surface area (Å²) in [6.45, 7) is 1.88. The van der Waals surface area contributed by atoms with Crippen molar-refractivity contribution in [2.75, 3.05) is 12.4 Å². The van der Waals surface area contributed by atoms with Crippen molar-refractivity contribution < 1.29 is 13.2 Å². The number of sulfonamides is 1. The van der Waals surface area contributed by atoms with Gasteiger partial charge in [-0.05, 0) is 55.5 Å². The van der Waals surface area contributed by atoms with E-state index in [4.69, 9.17) is 17.0 Å². The maximum atomic E-state index is 12.1. The number of hydrogen-bond donors (Lipinski definition) is 3. The molecule has 122 valence electrons. The molecule has 0 aliphatic heterocycles. The monoisotopic (exact) mass is 351 g/mol. The van der Waals surface area contributed by atoms with Crippen LogP contribution in [0, 0.1) is 6.92 Å². The molecule has 8 heteroatoms. The molecule has 2 aromatic carbocycles. The van der Waals surface area contributed by atoms with Crippen LogP contribution in [0.1, 0.15) is 5.56 Å². The van der Waals surface area contributed by atoms with Gasteiger partial charge in [-0.1, -0.05) is 17.7 Å². The minimum Gasteiger partial charge on any atom is -0.497 e. The molecule has 2 aromatic rings. The van der Waals surface area contributed by atoms with Gasteiger partial charge >= 0.3 is 0 Å². The van der Waals surface area contributed by atoms with E-state index in [1.54, 1.807) is 43.5 Å². The van der Waals surface area contributed by atoms with E-state index in [0.29, 0.717) is 5.69 Å². The molecule has 0 saturated heterocycles. The topological polar surface area (TPSA) is 79.5 Å². The van der Waals surface area contributed by atoms with Gasteiger partial charge in [0.2, 0.25) is 0 Å². The standard InChI is InChI=1S/C15H17N3O3S2/c1-11-3-9-14(10-4-11)23(19,20)18-17-15(22)16-12-5-7-13(21-2)8-6-12/h3-10,18H,1-2H3,(H2,16,17,22). The van der Waals surface area contributed by atoms with E-state index >= 15 is 0 Å². The number of methoxy groups -OCH3 is 1. The molecule has 0 spiro atoms. The molecule has 0 aliphatic carbocycles. The smallest absolute Gasteiger partial charge is 0.257 e. The molecule has 0 bridgehead atoms. The van der Waals surface area contributed by atoms with Crippen molar-refractivity contribution in [1.29, 1.82) is 0 Å². The highest BCUT2D eigenvalue weighted by atomic mass is 32.2. The Kier molecular flexibility index (Phi) is 5.54. The highest BCUT2D eigenvalue weighted by Crippen LogP contribution is 2.14. The molecule has 0 fully saturated rings. The van der Waals surface area contributed by atoms with Crippen molar-refractivity contribution in [3.05, 3.63) is 54.1 Å². The Hall–Kier alpha value is -2.16. The molecule has 6 nitrogen and oxygen atoms in total. The Morgan fingerprint density at radius 2 is 1.65 bits per heavy atom. The lowest BCUT2D eigenvalue weighted by atomic mass is 10.2. The number of rotatable bonds is 5. The summed E-state index contributed by atoms with van der Waals surface area (Å²) < 4.78 is 29.3. The Morgan fingerprint density at radius 1 is 1.04 bits per heavy atom. The van der Waals surface area contributed by atoms with E-state index in [1.165, 1.54) is 12.1 Å². The first kappa shape index (κ1) is 17.2. The fourth-order valence-corrected chi connectivity index (χ4v) is 2.81. The second-order valence-corrected chi connectivity index (χ2v) is 6.82. The van der Waals surface area contributed by atoms with E-state index < -0.39 is 10.0 Å². The Labute approximate surface area is 140 Å². The van der Waals surface area contributed by atoms with E-state index in [1.807, 2.05) is 6.92 Å². The van der Waals surface area contributed by atoms with Crippen LogP contribution in [0.15, 0.2) is 53.4 Å². The zero-order chi connectivity index (χ0) is 16.9. The molecular formula is C15H17N3O3S2. The summed E-state index contributed by atoms with van der Waals surface area (Å²) in [7, 11) is -2.11. The molecule has 0 heterocycles. The van der Waals surface area contributed by atoms with E-state index in [-0.39, 0.29) is 10.0 Å². The first-order chi connectivity index (χ1) is 10.9. The molecule has 2 rings (SSSR count). The third-order valence-electron chi connectivity index (χ3n) is 2.98.